The quantitative estimate of drug-likeness (QED) is 0.924. The molecule has 1 heterocycles. The van der Waals surface area contributed by atoms with Crippen molar-refractivity contribution in [1.29, 1.82) is 0 Å². The van der Waals surface area contributed by atoms with Gasteiger partial charge in [-0.15, -0.1) is 0 Å². The van der Waals surface area contributed by atoms with Gasteiger partial charge in [-0.25, -0.2) is 0 Å². The minimum absolute atomic E-state index is 0.0125. The van der Waals surface area contributed by atoms with E-state index in [1.165, 1.54) is 0 Å². The van der Waals surface area contributed by atoms with Crippen molar-refractivity contribution in [3.05, 3.63) is 58.7 Å². The maximum absolute atomic E-state index is 12.7. The van der Waals surface area contributed by atoms with Gasteiger partial charge in [0.15, 0.2) is 0 Å². The highest BCUT2D eigenvalue weighted by molar-refractivity contribution is 6.04. The molecule has 2 aromatic carbocycles. The number of para-hydroxylation sites is 1. The average Bonchev–Trinajstić information content (AvgIpc) is 2.93. The zero-order chi connectivity index (χ0) is 18.1. The molecule has 1 fully saturated rings. The van der Waals surface area contributed by atoms with Gasteiger partial charge in [-0.3, -0.25) is 9.59 Å². The highest BCUT2D eigenvalue weighted by atomic mass is 16.2. The van der Waals surface area contributed by atoms with Gasteiger partial charge >= 0.3 is 0 Å². The summed E-state index contributed by atoms with van der Waals surface area (Å²) in [6.45, 7) is 8.40. The second-order valence-electron chi connectivity index (χ2n) is 6.95. The Kier molecular flexibility index (Phi) is 4.62. The summed E-state index contributed by atoms with van der Waals surface area (Å²) < 4.78 is 0. The Labute approximate surface area is 148 Å². The lowest BCUT2D eigenvalue weighted by atomic mass is 10.1. The minimum atomic E-state index is -0.327. The van der Waals surface area contributed by atoms with Crippen molar-refractivity contribution in [2.45, 2.75) is 34.1 Å². The first-order valence-corrected chi connectivity index (χ1v) is 8.61. The van der Waals surface area contributed by atoms with E-state index in [0.717, 1.165) is 33.6 Å². The molecular formula is C21H24N2O2. The molecule has 0 aromatic heterocycles. The third kappa shape index (κ3) is 3.43. The fourth-order valence-corrected chi connectivity index (χ4v) is 3.44. The molecule has 0 unspecified atom stereocenters. The van der Waals surface area contributed by atoms with Crippen LogP contribution in [0.2, 0.25) is 0 Å². The summed E-state index contributed by atoms with van der Waals surface area (Å²) in [6, 6.07) is 12.0. The second-order valence-corrected chi connectivity index (χ2v) is 6.95. The zero-order valence-electron chi connectivity index (χ0n) is 15.2. The maximum Gasteiger partial charge on any atom is 0.229 e. The molecule has 0 radical (unpaired) electrons. The topological polar surface area (TPSA) is 49.4 Å². The number of anilines is 2. The van der Waals surface area contributed by atoms with Crippen LogP contribution < -0.4 is 10.2 Å². The van der Waals surface area contributed by atoms with Crippen LogP contribution in [0.25, 0.3) is 0 Å². The standard InChI is InChI=1S/C21H24N2O2/c1-13-8-9-14(2)18(10-13)22-21(25)17-11-19(24)23(12-17)20-15(3)6-5-7-16(20)4/h5-10,17H,11-12H2,1-4H3,(H,22,25)/t17-/m0/s1. The average molecular weight is 336 g/mol. The Hall–Kier alpha value is -2.62. The molecular weight excluding hydrogens is 312 g/mol. The van der Waals surface area contributed by atoms with E-state index in [-0.39, 0.29) is 24.2 Å². The van der Waals surface area contributed by atoms with Gasteiger partial charge in [0.1, 0.15) is 0 Å². The number of rotatable bonds is 3. The Bertz CT molecular complexity index is 822. The highest BCUT2D eigenvalue weighted by Crippen LogP contribution is 2.31. The SMILES string of the molecule is Cc1ccc(C)c(NC(=O)[C@H]2CC(=O)N(c3c(C)cccc3C)C2)c1. The largest absolute Gasteiger partial charge is 0.326 e. The number of amides is 2. The molecule has 4 heteroatoms. The number of carbonyl (C=O) groups is 2. The number of hydrogen-bond acceptors (Lipinski definition) is 2. The van der Waals surface area contributed by atoms with E-state index >= 15 is 0 Å². The maximum atomic E-state index is 12.7. The van der Waals surface area contributed by atoms with Gasteiger partial charge in [0.2, 0.25) is 11.8 Å². The van der Waals surface area contributed by atoms with Crippen LogP contribution >= 0.6 is 0 Å². The molecule has 4 nitrogen and oxygen atoms in total. The number of nitrogens with zero attached hydrogens (tertiary/aromatic N) is 1. The van der Waals surface area contributed by atoms with Crippen LogP contribution in [0.3, 0.4) is 0 Å². The lowest BCUT2D eigenvalue weighted by molar-refractivity contribution is -0.122. The highest BCUT2D eigenvalue weighted by Gasteiger charge is 2.36. The Morgan fingerprint density at radius 1 is 1.04 bits per heavy atom. The summed E-state index contributed by atoms with van der Waals surface area (Å²) in [7, 11) is 0. The van der Waals surface area contributed by atoms with E-state index in [1.54, 1.807) is 4.90 Å². The Balaban J connectivity index is 1.78. The lowest BCUT2D eigenvalue weighted by Gasteiger charge is -2.21. The number of carbonyl (C=O) groups excluding carboxylic acids is 2. The van der Waals surface area contributed by atoms with Crippen molar-refractivity contribution in [2.75, 3.05) is 16.8 Å². The molecule has 1 saturated heterocycles. The molecule has 1 aliphatic heterocycles. The van der Waals surface area contributed by atoms with E-state index in [1.807, 2.05) is 64.1 Å². The third-order valence-electron chi connectivity index (χ3n) is 4.86. The second kappa shape index (κ2) is 6.71. The van der Waals surface area contributed by atoms with Gasteiger partial charge < -0.3 is 10.2 Å². The third-order valence-corrected chi connectivity index (χ3v) is 4.86. The van der Waals surface area contributed by atoms with Crippen LogP contribution in [-0.2, 0) is 9.59 Å². The molecule has 130 valence electrons. The molecule has 1 aliphatic rings. The minimum Gasteiger partial charge on any atom is -0.326 e. The number of hydrogen-bond donors (Lipinski definition) is 1. The molecule has 2 amide bonds. The summed E-state index contributed by atoms with van der Waals surface area (Å²) in [4.78, 5) is 27.0. The van der Waals surface area contributed by atoms with E-state index < -0.39 is 0 Å². The molecule has 0 saturated carbocycles. The summed E-state index contributed by atoms with van der Waals surface area (Å²) >= 11 is 0. The molecule has 1 N–H and O–H groups in total. The molecule has 0 aliphatic carbocycles. The normalized spacial score (nSPS) is 17.0. The first kappa shape index (κ1) is 17.2. The smallest absolute Gasteiger partial charge is 0.229 e. The monoisotopic (exact) mass is 336 g/mol. The van der Waals surface area contributed by atoms with Gasteiger partial charge in [-0.1, -0.05) is 30.3 Å². The summed E-state index contributed by atoms with van der Waals surface area (Å²) in [5.74, 6) is -0.402. The molecule has 3 rings (SSSR count). The van der Waals surface area contributed by atoms with Crippen molar-refractivity contribution < 1.29 is 9.59 Å². The number of benzene rings is 2. The fourth-order valence-electron chi connectivity index (χ4n) is 3.44. The van der Waals surface area contributed by atoms with Crippen LogP contribution in [0.5, 0.6) is 0 Å². The molecule has 0 bridgehead atoms. The van der Waals surface area contributed by atoms with E-state index in [2.05, 4.69) is 5.32 Å². The molecule has 25 heavy (non-hydrogen) atoms. The van der Waals surface area contributed by atoms with Gasteiger partial charge in [0.05, 0.1) is 5.92 Å². The number of nitrogens with one attached hydrogen (secondary N) is 1. The van der Waals surface area contributed by atoms with Gasteiger partial charge in [0.25, 0.3) is 0 Å². The van der Waals surface area contributed by atoms with E-state index in [4.69, 9.17) is 0 Å². The van der Waals surface area contributed by atoms with Crippen molar-refractivity contribution in [2.24, 2.45) is 5.92 Å². The predicted molar refractivity (Wildman–Crippen MR) is 101 cm³/mol. The van der Waals surface area contributed by atoms with E-state index in [0.29, 0.717) is 6.54 Å². The zero-order valence-corrected chi connectivity index (χ0v) is 15.2. The summed E-state index contributed by atoms with van der Waals surface area (Å²) in [6.07, 6.45) is 0.254. The number of aryl methyl sites for hydroxylation is 4. The molecule has 1 atom stereocenters. The van der Waals surface area contributed by atoms with Crippen LogP contribution in [0.15, 0.2) is 36.4 Å². The van der Waals surface area contributed by atoms with Gasteiger partial charge in [-0.05, 0) is 56.0 Å². The Morgan fingerprint density at radius 3 is 2.40 bits per heavy atom. The van der Waals surface area contributed by atoms with Crippen LogP contribution in [0, 0.1) is 33.6 Å². The van der Waals surface area contributed by atoms with Crippen LogP contribution in [-0.4, -0.2) is 18.4 Å². The Morgan fingerprint density at radius 2 is 1.72 bits per heavy atom. The molecule has 0 spiro atoms. The van der Waals surface area contributed by atoms with E-state index in [9.17, 15) is 9.59 Å². The van der Waals surface area contributed by atoms with Crippen molar-refractivity contribution in [3.8, 4) is 0 Å². The van der Waals surface area contributed by atoms with Gasteiger partial charge in [0, 0.05) is 24.3 Å². The van der Waals surface area contributed by atoms with Crippen LogP contribution in [0.4, 0.5) is 11.4 Å². The summed E-state index contributed by atoms with van der Waals surface area (Å²) in [5.41, 5.74) is 6.00. The van der Waals surface area contributed by atoms with Gasteiger partial charge in [-0.2, -0.15) is 0 Å². The van der Waals surface area contributed by atoms with Crippen molar-refractivity contribution in [1.82, 2.24) is 0 Å². The lowest BCUT2D eigenvalue weighted by Crippen LogP contribution is -2.29. The predicted octanol–water partition coefficient (Wildman–Crippen LogP) is 3.91. The first-order valence-electron chi connectivity index (χ1n) is 8.61. The summed E-state index contributed by atoms with van der Waals surface area (Å²) in [5, 5.41) is 3.00. The fraction of sp³-hybridized carbons (Fsp3) is 0.333. The first-order chi connectivity index (χ1) is 11.9. The van der Waals surface area contributed by atoms with Crippen LogP contribution in [0.1, 0.15) is 28.7 Å². The molecule has 2 aromatic rings. The van der Waals surface area contributed by atoms with Crippen molar-refractivity contribution >= 4 is 23.2 Å². The van der Waals surface area contributed by atoms with Crippen molar-refractivity contribution in [3.63, 3.8) is 0 Å².